The Labute approximate surface area is 175 Å². The zero-order chi connectivity index (χ0) is 21.7. The Hall–Kier alpha value is -2.91. The summed E-state index contributed by atoms with van der Waals surface area (Å²) in [6, 6.07) is 6.95. The Balaban J connectivity index is 1.85. The Morgan fingerprint density at radius 2 is 1.87 bits per heavy atom. The molecule has 9 nitrogen and oxygen atoms in total. The zero-order valence-electron chi connectivity index (χ0n) is 17.4. The molecular formula is C21H28N4O5. The summed E-state index contributed by atoms with van der Waals surface area (Å²) in [6.45, 7) is 5.91. The number of nitrogens with one attached hydrogen (secondary N) is 1. The number of β-amino-alcohol motifs (C(OH)–C–C–N with tert-alkyl or cyclic N) is 1. The lowest BCUT2D eigenvalue weighted by Gasteiger charge is -2.34. The maximum atomic E-state index is 13.1. The van der Waals surface area contributed by atoms with E-state index in [1.807, 2.05) is 0 Å². The van der Waals surface area contributed by atoms with Gasteiger partial charge in [-0.3, -0.25) is 9.59 Å². The van der Waals surface area contributed by atoms with E-state index in [2.05, 4.69) is 17.1 Å². The van der Waals surface area contributed by atoms with E-state index in [1.165, 1.54) is 12.0 Å². The summed E-state index contributed by atoms with van der Waals surface area (Å²) in [4.78, 5) is 43.6. The number of anilines is 1. The number of nitrogens with zero attached hydrogens (tertiary/aromatic N) is 3. The number of aliphatic hydroxyl groups is 1. The Morgan fingerprint density at radius 3 is 2.50 bits per heavy atom. The van der Waals surface area contributed by atoms with E-state index < -0.39 is 11.9 Å². The van der Waals surface area contributed by atoms with Crippen LogP contribution in [-0.4, -0.2) is 97.1 Å². The number of esters is 1. The van der Waals surface area contributed by atoms with Gasteiger partial charge in [0.2, 0.25) is 0 Å². The zero-order valence-corrected chi connectivity index (χ0v) is 17.4. The largest absolute Gasteiger partial charge is 0.466 e. The molecule has 2 heterocycles. The van der Waals surface area contributed by atoms with E-state index in [0.29, 0.717) is 24.3 Å². The minimum atomic E-state index is -0.620. The van der Waals surface area contributed by atoms with Gasteiger partial charge in [-0.15, -0.1) is 0 Å². The molecule has 0 spiro atoms. The summed E-state index contributed by atoms with van der Waals surface area (Å²) < 4.78 is 4.81. The highest BCUT2D eigenvalue weighted by Crippen LogP contribution is 2.26. The predicted molar refractivity (Wildman–Crippen MR) is 111 cm³/mol. The molecule has 0 atom stereocenters. The van der Waals surface area contributed by atoms with Crippen LogP contribution in [0.5, 0.6) is 0 Å². The molecule has 3 rings (SSSR count). The molecule has 0 saturated carbocycles. The summed E-state index contributed by atoms with van der Waals surface area (Å²) in [5.41, 5.74) is 1.14. The van der Waals surface area contributed by atoms with Crippen LogP contribution < -0.4 is 5.32 Å². The SMILES string of the molecule is CCN1CCN(C(=O)c2ccccc2NC2=C(C(=O)OC)CN(CCO)C2=O)CC1. The average Bonchev–Trinajstić information content (AvgIpc) is 3.09. The smallest absolute Gasteiger partial charge is 0.337 e. The molecule has 0 aliphatic carbocycles. The maximum absolute atomic E-state index is 13.1. The highest BCUT2D eigenvalue weighted by atomic mass is 16.5. The van der Waals surface area contributed by atoms with Crippen molar-refractivity contribution in [2.75, 3.05) is 64.8 Å². The summed E-state index contributed by atoms with van der Waals surface area (Å²) in [7, 11) is 1.25. The minimum Gasteiger partial charge on any atom is -0.466 e. The molecule has 30 heavy (non-hydrogen) atoms. The summed E-state index contributed by atoms with van der Waals surface area (Å²) in [6.07, 6.45) is 0. The highest BCUT2D eigenvalue weighted by Gasteiger charge is 2.35. The molecule has 0 radical (unpaired) electrons. The second-order valence-corrected chi connectivity index (χ2v) is 7.19. The fourth-order valence-electron chi connectivity index (χ4n) is 3.70. The van der Waals surface area contributed by atoms with Crippen LogP contribution in [0, 0.1) is 0 Å². The van der Waals surface area contributed by atoms with Crippen LogP contribution >= 0.6 is 0 Å². The van der Waals surface area contributed by atoms with Crippen molar-refractivity contribution in [3.8, 4) is 0 Å². The number of aliphatic hydroxyl groups excluding tert-OH is 1. The number of benzene rings is 1. The van der Waals surface area contributed by atoms with Gasteiger partial charge < -0.3 is 29.9 Å². The van der Waals surface area contributed by atoms with Gasteiger partial charge in [-0.2, -0.15) is 0 Å². The number of likely N-dealkylation sites (N-methyl/N-ethyl adjacent to an activating group) is 1. The summed E-state index contributed by atoms with van der Waals surface area (Å²) in [5, 5.41) is 12.2. The van der Waals surface area contributed by atoms with Crippen molar-refractivity contribution in [1.29, 1.82) is 0 Å². The third-order valence-electron chi connectivity index (χ3n) is 5.48. The van der Waals surface area contributed by atoms with E-state index in [9.17, 15) is 19.5 Å². The second-order valence-electron chi connectivity index (χ2n) is 7.19. The summed E-state index contributed by atoms with van der Waals surface area (Å²) >= 11 is 0. The summed E-state index contributed by atoms with van der Waals surface area (Å²) in [5.74, 6) is -1.15. The van der Waals surface area contributed by atoms with Crippen molar-refractivity contribution in [2.24, 2.45) is 0 Å². The van der Waals surface area contributed by atoms with Gasteiger partial charge >= 0.3 is 5.97 Å². The topological polar surface area (TPSA) is 102 Å². The molecule has 2 N–H and O–H groups in total. The maximum Gasteiger partial charge on any atom is 0.337 e. The third-order valence-corrected chi connectivity index (χ3v) is 5.48. The van der Waals surface area contributed by atoms with Crippen molar-refractivity contribution in [2.45, 2.75) is 6.92 Å². The fourth-order valence-corrected chi connectivity index (χ4v) is 3.70. The molecule has 0 bridgehead atoms. The molecule has 2 aliphatic heterocycles. The van der Waals surface area contributed by atoms with E-state index in [0.717, 1.165) is 19.6 Å². The first-order chi connectivity index (χ1) is 14.5. The van der Waals surface area contributed by atoms with Crippen molar-refractivity contribution in [3.05, 3.63) is 41.1 Å². The number of rotatable bonds is 7. The van der Waals surface area contributed by atoms with Gasteiger partial charge in [-0.1, -0.05) is 19.1 Å². The second kappa shape index (κ2) is 9.73. The van der Waals surface area contributed by atoms with Crippen molar-refractivity contribution in [3.63, 3.8) is 0 Å². The molecule has 0 unspecified atom stereocenters. The Kier molecular flexibility index (Phi) is 7.07. The van der Waals surface area contributed by atoms with Crippen molar-refractivity contribution >= 4 is 23.5 Å². The normalized spacial score (nSPS) is 17.5. The van der Waals surface area contributed by atoms with Crippen LogP contribution in [-0.2, 0) is 14.3 Å². The molecule has 1 aromatic rings. The number of hydrogen-bond acceptors (Lipinski definition) is 7. The van der Waals surface area contributed by atoms with E-state index in [4.69, 9.17) is 4.74 Å². The molecule has 162 valence electrons. The van der Waals surface area contributed by atoms with Crippen LogP contribution in [0.15, 0.2) is 35.5 Å². The predicted octanol–water partition coefficient (Wildman–Crippen LogP) is 0.138. The molecule has 2 amide bonds. The first-order valence-corrected chi connectivity index (χ1v) is 10.1. The van der Waals surface area contributed by atoms with E-state index >= 15 is 0 Å². The molecule has 0 aromatic heterocycles. The Morgan fingerprint density at radius 1 is 1.17 bits per heavy atom. The lowest BCUT2D eigenvalue weighted by molar-refractivity contribution is -0.136. The first kappa shape index (κ1) is 21.8. The molecule has 1 fully saturated rings. The van der Waals surface area contributed by atoms with Crippen LogP contribution in [0.1, 0.15) is 17.3 Å². The number of piperazine rings is 1. The number of carbonyl (C=O) groups is 3. The van der Waals surface area contributed by atoms with Crippen molar-refractivity contribution in [1.82, 2.24) is 14.7 Å². The first-order valence-electron chi connectivity index (χ1n) is 10.1. The lowest BCUT2D eigenvalue weighted by atomic mass is 10.1. The number of para-hydroxylation sites is 1. The van der Waals surface area contributed by atoms with Gasteiger partial charge in [0.15, 0.2) is 0 Å². The van der Waals surface area contributed by atoms with Crippen LogP contribution in [0.3, 0.4) is 0 Å². The van der Waals surface area contributed by atoms with Crippen LogP contribution in [0.2, 0.25) is 0 Å². The lowest BCUT2D eigenvalue weighted by Crippen LogP contribution is -2.48. The van der Waals surface area contributed by atoms with Gasteiger partial charge in [-0.25, -0.2) is 4.79 Å². The average molecular weight is 416 g/mol. The minimum absolute atomic E-state index is 0.0451. The van der Waals surface area contributed by atoms with E-state index in [1.54, 1.807) is 29.2 Å². The fraction of sp³-hybridized carbons (Fsp3) is 0.476. The van der Waals surface area contributed by atoms with Crippen molar-refractivity contribution < 1.29 is 24.2 Å². The standard InChI is InChI=1S/C21H28N4O5/c1-3-23-8-10-24(11-9-23)19(27)15-6-4-5-7-17(15)22-18-16(21(29)30-2)14-25(12-13-26)20(18)28/h4-7,22,26H,3,8-14H2,1-2H3. The molecule has 1 aromatic carbocycles. The van der Waals surface area contributed by atoms with Gasteiger partial charge in [-0.05, 0) is 18.7 Å². The number of ether oxygens (including phenoxy) is 1. The Bertz CT molecular complexity index is 846. The van der Waals surface area contributed by atoms with Gasteiger partial charge in [0.25, 0.3) is 11.8 Å². The molecular weight excluding hydrogens is 388 g/mol. The third kappa shape index (κ3) is 4.47. The monoisotopic (exact) mass is 416 g/mol. The number of hydrogen-bond donors (Lipinski definition) is 2. The molecule has 1 saturated heterocycles. The van der Waals surface area contributed by atoms with E-state index in [-0.39, 0.29) is 36.9 Å². The highest BCUT2D eigenvalue weighted by molar-refractivity contribution is 6.09. The number of carbonyl (C=O) groups excluding carboxylic acids is 3. The molecule has 2 aliphatic rings. The van der Waals surface area contributed by atoms with Gasteiger partial charge in [0, 0.05) is 32.7 Å². The van der Waals surface area contributed by atoms with Crippen LogP contribution in [0.4, 0.5) is 5.69 Å². The quantitative estimate of drug-likeness (QED) is 0.610. The number of amides is 2. The molecule has 9 heteroatoms. The van der Waals surface area contributed by atoms with Gasteiger partial charge in [0.1, 0.15) is 5.70 Å². The number of methoxy groups -OCH3 is 1. The van der Waals surface area contributed by atoms with Gasteiger partial charge in [0.05, 0.1) is 37.1 Å². The van der Waals surface area contributed by atoms with Crippen LogP contribution in [0.25, 0.3) is 0 Å².